The van der Waals surface area contributed by atoms with E-state index in [-0.39, 0.29) is 11.8 Å². The molecule has 1 N–H and O–H groups in total. The van der Waals surface area contributed by atoms with E-state index >= 15 is 0 Å². The van der Waals surface area contributed by atoms with Crippen molar-refractivity contribution >= 4 is 28.8 Å². The Bertz CT molecular complexity index is 1090. The number of benzene rings is 2. The van der Waals surface area contributed by atoms with Crippen molar-refractivity contribution in [2.75, 3.05) is 11.9 Å². The van der Waals surface area contributed by atoms with Gasteiger partial charge in [0.05, 0.1) is 5.69 Å². The van der Waals surface area contributed by atoms with Crippen LogP contribution in [0.5, 0.6) is 0 Å². The van der Waals surface area contributed by atoms with Gasteiger partial charge in [-0.05, 0) is 44.9 Å². The Kier molecular flexibility index (Phi) is 6.67. The van der Waals surface area contributed by atoms with Crippen molar-refractivity contribution in [2.24, 2.45) is 0 Å². The molecular weight excluding hydrogens is 394 g/mol. The van der Waals surface area contributed by atoms with Crippen molar-refractivity contribution in [2.45, 2.75) is 41.2 Å². The molecule has 0 aliphatic carbocycles. The number of aromatic nitrogens is 1. The van der Waals surface area contributed by atoms with Crippen molar-refractivity contribution in [3.05, 3.63) is 69.7 Å². The van der Waals surface area contributed by atoms with Gasteiger partial charge in [0.15, 0.2) is 0 Å². The highest BCUT2D eigenvalue weighted by molar-refractivity contribution is 7.17. The zero-order chi connectivity index (χ0) is 21.8. The Morgan fingerprint density at radius 2 is 1.83 bits per heavy atom. The highest BCUT2D eigenvalue weighted by atomic mass is 32.1. The fraction of sp³-hybridized carbons (Fsp3) is 0.292. The van der Waals surface area contributed by atoms with E-state index in [1.807, 2.05) is 38.1 Å². The standard InChI is InChI=1S/C24H27N3O2S/c1-6-27(18(5)28)14-19-9-7-8-10-21(19)26-23(29)22-17(4)25-24(30-22)20-12-11-15(2)13-16(20)3/h7-13H,6,14H2,1-5H3,(H,26,29). The van der Waals surface area contributed by atoms with Gasteiger partial charge in [-0.15, -0.1) is 11.3 Å². The van der Waals surface area contributed by atoms with Crippen LogP contribution in [0.1, 0.15) is 45.9 Å². The molecule has 1 aromatic heterocycles. The smallest absolute Gasteiger partial charge is 0.267 e. The summed E-state index contributed by atoms with van der Waals surface area (Å²) in [5, 5.41) is 3.86. The minimum Gasteiger partial charge on any atom is -0.339 e. The van der Waals surface area contributed by atoms with E-state index in [0.29, 0.717) is 29.3 Å². The van der Waals surface area contributed by atoms with Crippen LogP contribution in [0.3, 0.4) is 0 Å². The molecule has 3 aromatic rings. The van der Waals surface area contributed by atoms with Gasteiger partial charge in [-0.1, -0.05) is 42.0 Å². The van der Waals surface area contributed by atoms with Gasteiger partial charge in [-0.2, -0.15) is 0 Å². The topological polar surface area (TPSA) is 62.3 Å². The number of para-hydroxylation sites is 1. The second-order valence-corrected chi connectivity index (χ2v) is 8.40. The number of aryl methyl sites for hydroxylation is 3. The molecule has 0 fully saturated rings. The van der Waals surface area contributed by atoms with Gasteiger partial charge in [0.1, 0.15) is 9.88 Å². The lowest BCUT2D eigenvalue weighted by molar-refractivity contribution is -0.129. The van der Waals surface area contributed by atoms with Crippen LogP contribution in [0.15, 0.2) is 42.5 Å². The number of carbonyl (C=O) groups excluding carboxylic acids is 2. The van der Waals surface area contributed by atoms with Crippen LogP contribution in [0.25, 0.3) is 10.6 Å². The number of thiazole rings is 1. The molecule has 0 atom stereocenters. The van der Waals surface area contributed by atoms with Crippen LogP contribution in [0, 0.1) is 20.8 Å². The average Bonchev–Trinajstić information content (AvgIpc) is 3.08. The Morgan fingerprint density at radius 3 is 2.50 bits per heavy atom. The summed E-state index contributed by atoms with van der Waals surface area (Å²) in [6.07, 6.45) is 0. The minimum absolute atomic E-state index is 0.00930. The predicted octanol–water partition coefficient (Wildman–Crippen LogP) is 5.36. The Morgan fingerprint density at radius 1 is 1.10 bits per heavy atom. The van der Waals surface area contributed by atoms with Crippen LogP contribution in [0.4, 0.5) is 5.69 Å². The van der Waals surface area contributed by atoms with E-state index in [1.54, 1.807) is 11.8 Å². The SMILES string of the molecule is CCN(Cc1ccccc1NC(=O)c1sc(-c2ccc(C)cc2C)nc1C)C(C)=O. The molecule has 0 saturated heterocycles. The molecule has 0 aliphatic heterocycles. The maximum Gasteiger partial charge on any atom is 0.267 e. The Hall–Kier alpha value is -2.99. The minimum atomic E-state index is -0.181. The summed E-state index contributed by atoms with van der Waals surface area (Å²) in [5.74, 6) is -0.172. The molecule has 1 heterocycles. The van der Waals surface area contributed by atoms with Gasteiger partial charge in [-0.3, -0.25) is 9.59 Å². The van der Waals surface area contributed by atoms with Gasteiger partial charge in [0.2, 0.25) is 5.91 Å². The van der Waals surface area contributed by atoms with E-state index in [1.165, 1.54) is 16.9 Å². The number of hydrogen-bond donors (Lipinski definition) is 1. The first-order valence-electron chi connectivity index (χ1n) is 10.00. The summed E-state index contributed by atoms with van der Waals surface area (Å²) in [4.78, 5) is 31.8. The van der Waals surface area contributed by atoms with Gasteiger partial charge in [-0.25, -0.2) is 4.98 Å². The van der Waals surface area contributed by atoms with Gasteiger partial charge in [0, 0.05) is 31.3 Å². The van der Waals surface area contributed by atoms with Crippen molar-refractivity contribution in [1.29, 1.82) is 0 Å². The first-order valence-corrected chi connectivity index (χ1v) is 10.8. The van der Waals surface area contributed by atoms with E-state index in [9.17, 15) is 9.59 Å². The third-order valence-corrected chi connectivity index (χ3v) is 6.26. The van der Waals surface area contributed by atoms with Crippen molar-refractivity contribution in [3.8, 4) is 10.6 Å². The second kappa shape index (κ2) is 9.22. The van der Waals surface area contributed by atoms with Gasteiger partial charge >= 0.3 is 0 Å². The predicted molar refractivity (Wildman–Crippen MR) is 123 cm³/mol. The summed E-state index contributed by atoms with van der Waals surface area (Å²) in [6, 6.07) is 13.8. The molecule has 2 aromatic carbocycles. The molecule has 0 aliphatic rings. The highest BCUT2D eigenvalue weighted by Gasteiger charge is 2.19. The number of nitrogens with one attached hydrogen (secondary N) is 1. The third-order valence-electron chi connectivity index (χ3n) is 5.07. The fourth-order valence-electron chi connectivity index (χ4n) is 3.39. The summed E-state index contributed by atoms with van der Waals surface area (Å²) >= 11 is 1.40. The number of amides is 2. The lowest BCUT2D eigenvalue weighted by Gasteiger charge is -2.21. The molecule has 0 spiro atoms. The molecule has 6 heteroatoms. The molecule has 0 saturated carbocycles. The van der Waals surface area contributed by atoms with Crippen LogP contribution in [-0.4, -0.2) is 28.2 Å². The summed E-state index contributed by atoms with van der Waals surface area (Å²) in [7, 11) is 0. The molecule has 0 bridgehead atoms. The van der Waals surface area contributed by atoms with Crippen LogP contribution < -0.4 is 5.32 Å². The van der Waals surface area contributed by atoms with Crippen LogP contribution >= 0.6 is 11.3 Å². The summed E-state index contributed by atoms with van der Waals surface area (Å²) < 4.78 is 0. The second-order valence-electron chi connectivity index (χ2n) is 7.40. The third kappa shape index (κ3) is 4.76. The first kappa shape index (κ1) is 21.7. The van der Waals surface area contributed by atoms with E-state index in [0.717, 1.165) is 21.7 Å². The Balaban J connectivity index is 1.85. The first-order chi connectivity index (χ1) is 14.3. The van der Waals surface area contributed by atoms with Crippen molar-refractivity contribution in [3.63, 3.8) is 0 Å². The quantitative estimate of drug-likeness (QED) is 0.583. The number of nitrogens with zero attached hydrogens (tertiary/aromatic N) is 2. The molecule has 2 amide bonds. The molecule has 30 heavy (non-hydrogen) atoms. The summed E-state index contributed by atoms with van der Waals surface area (Å²) in [5.41, 5.74) is 5.72. The van der Waals surface area contributed by atoms with E-state index in [2.05, 4.69) is 42.3 Å². The lowest BCUT2D eigenvalue weighted by Crippen LogP contribution is -2.28. The van der Waals surface area contributed by atoms with Crippen molar-refractivity contribution in [1.82, 2.24) is 9.88 Å². The zero-order valence-corrected chi connectivity index (χ0v) is 18.9. The Labute approximate surface area is 181 Å². The maximum atomic E-state index is 13.0. The zero-order valence-electron chi connectivity index (χ0n) is 18.1. The molecule has 0 radical (unpaired) electrons. The van der Waals surface area contributed by atoms with E-state index < -0.39 is 0 Å². The molecule has 0 unspecified atom stereocenters. The van der Waals surface area contributed by atoms with Crippen LogP contribution in [0.2, 0.25) is 0 Å². The lowest BCUT2D eigenvalue weighted by atomic mass is 10.1. The number of hydrogen-bond acceptors (Lipinski definition) is 4. The number of rotatable bonds is 6. The highest BCUT2D eigenvalue weighted by Crippen LogP contribution is 2.31. The monoisotopic (exact) mass is 421 g/mol. The normalized spacial score (nSPS) is 10.7. The van der Waals surface area contributed by atoms with Crippen molar-refractivity contribution < 1.29 is 9.59 Å². The molecule has 5 nitrogen and oxygen atoms in total. The van der Waals surface area contributed by atoms with Crippen LogP contribution in [-0.2, 0) is 11.3 Å². The maximum absolute atomic E-state index is 13.0. The van der Waals surface area contributed by atoms with Gasteiger partial charge < -0.3 is 10.2 Å². The average molecular weight is 422 g/mol. The largest absolute Gasteiger partial charge is 0.339 e. The summed E-state index contributed by atoms with van der Waals surface area (Å²) in [6.45, 7) is 10.6. The molecular formula is C24H27N3O2S. The number of carbonyl (C=O) groups is 2. The molecule has 3 rings (SSSR count). The van der Waals surface area contributed by atoms with E-state index in [4.69, 9.17) is 0 Å². The number of anilines is 1. The molecule has 156 valence electrons. The van der Waals surface area contributed by atoms with Gasteiger partial charge in [0.25, 0.3) is 5.91 Å². The fourth-order valence-corrected chi connectivity index (χ4v) is 4.44.